The van der Waals surface area contributed by atoms with E-state index in [1.807, 2.05) is 6.92 Å². The summed E-state index contributed by atoms with van der Waals surface area (Å²) in [5.74, 6) is -0.364. The number of nitro benzene ring substituents is 1. The van der Waals surface area contributed by atoms with Crippen molar-refractivity contribution >= 4 is 17.3 Å². The molecule has 0 aliphatic heterocycles. The average molecular weight is 281 g/mol. The number of benzene rings is 1. The van der Waals surface area contributed by atoms with Crippen molar-refractivity contribution in [3.05, 3.63) is 33.9 Å². The quantitative estimate of drug-likeness (QED) is 0.608. The first-order chi connectivity index (χ1) is 9.36. The van der Waals surface area contributed by atoms with E-state index in [0.29, 0.717) is 12.2 Å². The maximum absolute atomic E-state index is 12.1. The summed E-state index contributed by atoms with van der Waals surface area (Å²) in [6.45, 7) is 4.12. The maximum Gasteiger partial charge on any atom is 0.293 e. The molecule has 0 saturated heterocycles. The normalized spacial score (nSPS) is 11.8. The first-order valence-electron chi connectivity index (χ1n) is 6.32. The van der Waals surface area contributed by atoms with Gasteiger partial charge in [0.25, 0.3) is 11.6 Å². The summed E-state index contributed by atoms with van der Waals surface area (Å²) in [5, 5.41) is 23.2. The van der Waals surface area contributed by atoms with Crippen LogP contribution in [0.3, 0.4) is 0 Å². The number of amides is 1. The molecular formula is C13H19N3O4. The molecule has 7 nitrogen and oxygen atoms in total. The highest BCUT2D eigenvalue weighted by Crippen LogP contribution is 2.25. The second-order valence-corrected chi connectivity index (χ2v) is 4.55. The second kappa shape index (κ2) is 6.85. The number of likely N-dealkylation sites (N-methyl/N-ethyl adjacent to an activating group) is 1. The van der Waals surface area contributed by atoms with Gasteiger partial charge >= 0.3 is 0 Å². The number of carbonyl (C=O) groups is 1. The Hall–Kier alpha value is -2.15. The summed E-state index contributed by atoms with van der Waals surface area (Å²) >= 11 is 0. The molecule has 1 rings (SSSR count). The van der Waals surface area contributed by atoms with Crippen LogP contribution in [0.4, 0.5) is 11.4 Å². The van der Waals surface area contributed by atoms with Crippen molar-refractivity contribution in [3.63, 3.8) is 0 Å². The molecule has 1 aromatic rings. The van der Waals surface area contributed by atoms with Crippen molar-refractivity contribution in [1.29, 1.82) is 0 Å². The van der Waals surface area contributed by atoms with Crippen molar-refractivity contribution < 1.29 is 14.8 Å². The average Bonchev–Trinajstić information content (AvgIpc) is 2.37. The van der Waals surface area contributed by atoms with Gasteiger partial charge in [0.15, 0.2) is 0 Å². The molecule has 0 bridgehead atoms. The molecule has 1 unspecified atom stereocenters. The van der Waals surface area contributed by atoms with Crippen LogP contribution in [-0.4, -0.2) is 47.1 Å². The predicted molar refractivity (Wildman–Crippen MR) is 75.9 cm³/mol. The highest BCUT2D eigenvalue weighted by molar-refractivity contribution is 5.95. The highest BCUT2D eigenvalue weighted by Gasteiger charge is 2.19. The number of anilines is 1. The summed E-state index contributed by atoms with van der Waals surface area (Å²) in [7, 11) is 1.54. The van der Waals surface area contributed by atoms with Crippen LogP contribution in [0, 0.1) is 10.1 Å². The first kappa shape index (κ1) is 15.9. The molecular weight excluding hydrogens is 262 g/mol. The van der Waals surface area contributed by atoms with Gasteiger partial charge in [-0.15, -0.1) is 0 Å². The van der Waals surface area contributed by atoms with Crippen LogP contribution >= 0.6 is 0 Å². The molecule has 0 heterocycles. The van der Waals surface area contributed by atoms with Gasteiger partial charge in [0.1, 0.15) is 5.69 Å². The number of hydrogen-bond donors (Lipinski definition) is 2. The van der Waals surface area contributed by atoms with E-state index in [1.54, 1.807) is 14.0 Å². The van der Waals surface area contributed by atoms with Gasteiger partial charge in [-0.25, -0.2) is 0 Å². The van der Waals surface area contributed by atoms with Gasteiger partial charge in [-0.3, -0.25) is 14.9 Å². The van der Waals surface area contributed by atoms with E-state index < -0.39 is 11.0 Å². The van der Waals surface area contributed by atoms with Gasteiger partial charge < -0.3 is 15.3 Å². The molecule has 0 radical (unpaired) electrons. The molecule has 1 aromatic carbocycles. The smallest absolute Gasteiger partial charge is 0.293 e. The third kappa shape index (κ3) is 3.92. The van der Waals surface area contributed by atoms with Gasteiger partial charge in [0.05, 0.1) is 11.0 Å². The zero-order valence-electron chi connectivity index (χ0n) is 11.8. The van der Waals surface area contributed by atoms with E-state index in [4.69, 9.17) is 0 Å². The van der Waals surface area contributed by atoms with E-state index >= 15 is 0 Å². The fourth-order valence-electron chi connectivity index (χ4n) is 1.86. The lowest BCUT2D eigenvalue weighted by atomic mass is 10.1. The molecule has 110 valence electrons. The molecule has 0 aliphatic carbocycles. The van der Waals surface area contributed by atoms with Crippen LogP contribution < -0.4 is 5.32 Å². The summed E-state index contributed by atoms with van der Waals surface area (Å²) < 4.78 is 0. The second-order valence-electron chi connectivity index (χ2n) is 4.55. The van der Waals surface area contributed by atoms with Crippen LogP contribution in [0.1, 0.15) is 24.2 Å². The molecule has 7 heteroatoms. The predicted octanol–water partition coefficient (Wildman–Crippen LogP) is 1.48. The van der Waals surface area contributed by atoms with Crippen LogP contribution in [0.15, 0.2) is 18.2 Å². The van der Waals surface area contributed by atoms with Gasteiger partial charge in [-0.2, -0.15) is 0 Å². The SMILES string of the molecule is CCNc1ccc(C(=O)N(C)CC(C)O)cc1[N+](=O)[O-]. The molecule has 1 atom stereocenters. The topological polar surface area (TPSA) is 95.7 Å². The molecule has 2 N–H and O–H groups in total. The molecule has 0 aromatic heterocycles. The number of nitrogens with one attached hydrogen (secondary N) is 1. The standard InChI is InChI=1S/C13H19N3O4/c1-4-14-11-6-5-10(7-12(11)16(19)20)13(18)15(3)8-9(2)17/h5-7,9,14,17H,4,8H2,1-3H3. The van der Waals surface area contributed by atoms with Crippen molar-refractivity contribution in [2.45, 2.75) is 20.0 Å². The highest BCUT2D eigenvalue weighted by atomic mass is 16.6. The number of carbonyl (C=O) groups excluding carboxylic acids is 1. The minimum absolute atomic E-state index is 0.136. The van der Waals surface area contributed by atoms with Gasteiger partial charge in [-0.1, -0.05) is 0 Å². The Morgan fingerprint density at radius 1 is 1.55 bits per heavy atom. The number of nitro groups is 1. The lowest BCUT2D eigenvalue weighted by Crippen LogP contribution is -2.33. The first-order valence-corrected chi connectivity index (χ1v) is 6.32. The fraction of sp³-hybridized carbons (Fsp3) is 0.462. The van der Waals surface area contributed by atoms with Crippen LogP contribution in [-0.2, 0) is 0 Å². The summed E-state index contributed by atoms with van der Waals surface area (Å²) in [6.07, 6.45) is -0.653. The van der Waals surface area contributed by atoms with Gasteiger partial charge in [0.2, 0.25) is 0 Å². The molecule has 0 saturated carbocycles. The summed E-state index contributed by atoms with van der Waals surface area (Å²) in [6, 6.07) is 4.30. The van der Waals surface area contributed by atoms with Crippen molar-refractivity contribution in [3.8, 4) is 0 Å². The molecule has 1 amide bonds. The number of aliphatic hydroxyl groups excluding tert-OH is 1. The van der Waals surface area contributed by atoms with Gasteiger partial charge in [-0.05, 0) is 26.0 Å². The Labute approximate surface area is 117 Å². The molecule has 20 heavy (non-hydrogen) atoms. The Kier molecular flexibility index (Phi) is 5.45. The minimum Gasteiger partial charge on any atom is -0.392 e. The third-order valence-corrected chi connectivity index (χ3v) is 2.69. The van der Waals surface area contributed by atoms with Crippen LogP contribution in [0.2, 0.25) is 0 Å². The monoisotopic (exact) mass is 281 g/mol. The zero-order chi connectivity index (χ0) is 15.3. The Morgan fingerprint density at radius 3 is 2.70 bits per heavy atom. The fourth-order valence-corrected chi connectivity index (χ4v) is 1.86. The lowest BCUT2D eigenvalue weighted by Gasteiger charge is -2.19. The number of rotatable bonds is 6. The lowest BCUT2D eigenvalue weighted by molar-refractivity contribution is -0.384. The van der Waals surface area contributed by atoms with Gasteiger partial charge in [0, 0.05) is 31.8 Å². The zero-order valence-corrected chi connectivity index (χ0v) is 11.8. The largest absolute Gasteiger partial charge is 0.392 e. The minimum atomic E-state index is -0.653. The number of nitrogens with zero attached hydrogens (tertiary/aromatic N) is 2. The Bertz CT molecular complexity index is 502. The molecule has 0 spiro atoms. The van der Waals surface area contributed by atoms with E-state index in [2.05, 4.69) is 5.32 Å². The van der Waals surface area contributed by atoms with E-state index in [-0.39, 0.29) is 23.7 Å². The van der Waals surface area contributed by atoms with Crippen molar-refractivity contribution in [1.82, 2.24) is 4.90 Å². The molecule has 0 aliphatic rings. The summed E-state index contributed by atoms with van der Waals surface area (Å²) in [5.41, 5.74) is 0.469. The number of aliphatic hydroxyl groups is 1. The maximum atomic E-state index is 12.1. The Morgan fingerprint density at radius 2 is 2.20 bits per heavy atom. The van der Waals surface area contributed by atoms with Crippen LogP contribution in [0.25, 0.3) is 0 Å². The third-order valence-electron chi connectivity index (χ3n) is 2.69. The van der Waals surface area contributed by atoms with E-state index in [1.165, 1.54) is 23.1 Å². The summed E-state index contributed by atoms with van der Waals surface area (Å²) in [4.78, 5) is 23.9. The van der Waals surface area contributed by atoms with Crippen LogP contribution in [0.5, 0.6) is 0 Å². The Balaban J connectivity index is 3.05. The van der Waals surface area contributed by atoms with Crippen molar-refractivity contribution in [2.75, 3.05) is 25.5 Å². The van der Waals surface area contributed by atoms with Crippen molar-refractivity contribution in [2.24, 2.45) is 0 Å². The molecule has 0 fully saturated rings. The van der Waals surface area contributed by atoms with E-state index in [0.717, 1.165) is 0 Å². The number of hydrogen-bond acceptors (Lipinski definition) is 5. The van der Waals surface area contributed by atoms with E-state index in [9.17, 15) is 20.0 Å².